The monoisotopic (exact) mass is 2010 g/mol. The van der Waals surface area contributed by atoms with Crippen LogP contribution in [0.2, 0.25) is 15.1 Å². The Morgan fingerprint density at radius 2 is 0.831 bits per heavy atom. The number of hydrogen-bond acceptors (Lipinski definition) is 23. The fourth-order valence-corrected chi connectivity index (χ4v) is 23.5. The fourth-order valence-electron chi connectivity index (χ4n) is 12.4. The second kappa shape index (κ2) is 49.1. The van der Waals surface area contributed by atoms with Gasteiger partial charge in [-0.15, -0.1) is 13.2 Å². The van der Waals surface area contributed by atoms with E-state index in [1.807, 2.05) is 73.6 Å². The van der Waals surface area contributed by atoms with Crippen LogP contribution in [0.3, 0.4) is 0 Å². The largest absolute Gasteiger partial charge is 0.461 e. The van der Waals surface area contributed by atoms with E-state index in [2.05, 4.69) is 66.1 Å². The molecule has 722 valence electrons. The molecule has 47 heteroatoms. The third-order valence-electron chi connectivity index (χ3n) is 19.3. The summed E-state index contributed by atoms with van der Waals surface area (Å²) in [5.41, 5.74) is 2.77. The van der Waals surface area contributed by atoms with Crippen molar-refractivity contribution in [3.8, 4) is 0 Å². The molecule has 8 unspecified atom stereocenters. The van der Waals surface area contributed by atoms with Gasteiger partial charge in [0, 0.05) is 171 Å². The number of hydrogen-bond donors (Lipinski definition) is 6. The van der Waals surface area contributed by atoms with Gasteiger partial charge >= 0.3 is 29.8 Å². The van der Waals surface area contributed by atoms with E-state index in [1.54, 1.807) is 113 Å². The molecule has 0 saturated carbocycles. The van der Waals surface area contributed by atoms with Gasteiger partial charge in [0.05, 0.1) is 67.7 Å². The number of fused-ring (bicyclic) bond motifs is 2. The molecule has 0 radical (unpaired) electrons. The smallest absolute Gasteiger partial charge is 0.356 e. The number of carbonyl (C=O) groups excluding carboxylic acids is 6. The molecule has 1 amide bonds. The van der Waals surface area contributed by atoms with Gasteiger partial charge in [-0.1, -0.05) is 139 Å². The highest BCUT2D eigenvalue weighted by atomic mass is 35.7. The van der Waals surface area contributed by atoms with E-state index >= 15 is 0 Å². The Morgan fingerprint density at radius 1 is 0.500 bits per heavy atom. The summed E-state index contributed by atoms with van der Waals surface area (Å²) in [7, 11) is 2.75. The van der Waals surface area contributed by atoms with Gasteiger partial charge < -0.3 is 56.4 Å². The highest BCUT2D eigenvalue weighted by molar-refractivity contribution is 8.13. The zero-order chi connectivity index (χ0) is 99.1. The number of ether oxygens (including phenoxy) is 5. The maximum absolute atomic E-state index is 13.4. The number of esters is 5. The van der Waals surface area contributed by atoms with Crippen LogP contribution in [0.1, 0.15) is 170 Å². The van der Waals surface area contributed by atoms with Crippen LogP contribution in [0, 0.1) is 35.3 Å². The number of amides is 1. The Hall–Kier alpha value is -9.06. The maximum Gasteiger partial charge on any atom is 0.356 e. The van der Waals surface area contributed by atoms with E-state index in [9.17, 15) is 71.2 Å². The fraction of sp³-hybridized carbons (Fsp3) is 0.446. The number of nitrogens with zero attached hydrogens (tertiary/aromatic N) is 10. The van der Waals surface area contributed by atoms with Gasteiger partial charge in [-0.2, -0.15) is 0 Å². The quantitative estimate of drug-likeness (QED) is 0.0115. The van der Waals surface area contributed by atoms with Gasteiger partial charge in [0.1, 0.15) is 83.6 Å². The summed E-state index contributed by atoms with van der Waals surface area (Å²) in [6, 6.07) is 2.45. The molecule has 7 aromatic rings. The van der Waals surface area contributed by atoms with E-state index in [0.29, 0.717) is 49.4 Å². The van der Waals surface area contributed by atoms with Crippen LogP contribution in [0.15, 0.2) is 146 Å². The Balaban J connectivity index is 0.000000330. The number of sulfonamides is 1. The SMILES string of the molecule is C=CC(NS(=O)(=NC)c1cn(C)c(C(=O)OCC)c1Cl)C(C)C.C=Cc1c(S(=O)(=NC)NC(C=C)C(C)C)cn(C)c1C(=O)OCC.CCOC(=O)c1c(Cl)c(S(=O)(=O)Cl)cn1C.CCOC(=O)c1c(Cl)c(S(=O)(=O)NC)cn1C.CCOC(=O)c1c2c(cn1C)S(=O)(=NC)NC(C(C)C)C=C2.CN=S1(=O)NC(C(C)C)C=Cc2c1cn(C)c2C(=O)Nc1ccc(F)c(F)c1. The van der Waals surface area contributed by atoms with Gasteiger partial charge in [-0.25, -0.2) is 107 Å². The van der Waals surface area contributed by atoms with Crippen molar-refractivity contribution in [3.05, 3.63) is 177 Å². The topological polar surface area (TPSA) is 436 Å². The minimum atomic E-state index is -3.97. The molecule has 8 heterocycles. The summed E-state index contributed by atoms with van der Waals surface area (Å²) in [5.74, 6) is -4.62. The van der Waals surface area contributed by atoms with E-state index in [1.165, 1.54) is 87.6 Å². The van der Waals surface area contributed by atoms with Crippen LogP contribution in [0.5, 0.6) is 0 Å². The molecule has 8 atom stereocenters. The molecular formula is C83H118Cl4F2N16O19S6. The van der Waals surface area contributed by atoms with E-state index in [0.717, 1.165) is 18.3 Å². The number of halogens is 6. The predicted molar refractivity (Wildman–Crippen MR) is 506 cm³/mol. The molecule has 0 bridgehead atoms. The molecule has 35 nitrogen and oxygen atoms in total. The van der Waals surface area contributed by atoms with Crippen LogP contribution in [0.25, 0.3) is 18.2 Å². The van der Waals surface area contributed by atoms with E-state index in [4.69, 9.17) is 69.2 Å². The highest BCUT2D eigenvalue weighted by Crippen LogP contribution is 2.36. The van der Waals surface area contributed by atoms with E-state index < -0.39 is 106 Å². The molecule has 6 aromatic heterocycles. The molecule has 0 saturated heterocycles. The molecular weight excluding hydrogens is 1900 g/mol. The van der Waals surface area contributed by atoms with Crippen LogP contribution in [0.4, 0.5) is 14.5 Å². The van der Waals surface area contributed by atoms with Crippen molar-refractivity contribution >= 4 is 164 Å². The van der Waals surface area contributed by atoms with Gasteiger partial charge in [-0.05, 0) is 77.5 Å². The minimum Gasteiger partial charge on any atom is -0.461 e. The molecule has 9 rings (SSSR count). The molecule has 0 aliphatic carbocycles. The zero-order valence-electron chi connectivity index (χ0n) is 77.0. The van der Waals surface area contributed by atoms with Crippen LogP contribution >= 0.6 is 45.5 Å². The number of benzene rings is 1. The first-order valence-corrected chi connectivity index (χ1v) is 51.1. The van der Waals surface area contributed by atoms with E-state index in [-0.39, 0.29) is 132 Å². The predicted octanol–water partition coefficient (Wildman–Crippen LogP) is 14.4. The number of aromatic nitrogens is 6. The minimum absolute atomic E-state index is 0.0161. The molecule has 0 spiro atoms. The van der Waals surface area contributed by atoms with Gasteiger partial charge in [0.25, 0.3) is 15.0 Å². The summed E-state index contributed by atoms with van der Waals surface area (Å²) >= 11 is 17.9. The summed E-state index contributed by atoms with van der Waals surface area (Å²) in [6.45, 7) is 36.9. The summed E-state index contributed by atoms with van der Waals surface area (Å²) in [6.07, 6.45) is 21.2. The zero-order valence-corrected chi connectivity index (χ0v) is 84.9. The van der Waals surface area contributed by atoms with Crippen molar-refractivity contribution in [1.82, 2.24) is 51.0 Å². The van der Waals surface area contributed by atoms with Gasteiger partial charge in [0.15, 0.2) is 11.6 Å². The summed E-state index contributed by atoms with van der Waals surface area (Å²) in [5, 5.41) is 2.28. The normalized spacial score (nSPS) is 17.0. The molecule has 2 aliphatic heterocycles. The number of rotatable bonds is 28. The lowest BCUT2D eigenvalue weighted by Crippen LogP contribution is -2.36. The molecule has 0 fully saturated rings. The van der Waals surface area contributed by atoms with Crippen LogP contribution in [-0.2, 0) is 125 Å². The number of anilines is 1. The van der Waals surface area contributed by atoms with Crippen molar-refractivity contribution in [2.75, 3.05) is 73.6 Å². The van der Waals surface area contributed by atoms with Gasteiger partial charge in [0.2, 0.25) is 10.0 Å². The van der Waals surface area contributed by atoms with Crippen molar-refractivity contribution in [3.63, 3.8) is 0 Å². The lowest BCUT2D eigenvalue weighted by atomic mass is 10.0. The second-order valence-corrected chi connectivity index (χ2v) is 43.4. The molecule has 1 aromatic carbocycles. The summed E-state index contributed by atoms with van der Waals surface area (Å²) < 4.78 is 189. The average molecular weight is 2020 g/mol. The number of carbonyl (C=O) groups is 6. The third-order valence-corrected chi connectivity index (χ3v) is 31.6. The van der Waals surface area contributed by atoms with Crippen molar-refractivity contribution < 1.29 is 94.9 Å². The number of aryl methyl sites for hydroxylation is 6. The first-order valence-electron chi connectivity index (χ1n) is 40.2. The maximum atomic E-state index is 13.4. The van der Waals surface area contributed by atoms with Crippen molar-refractivity contribution in [2.24, 2.45) is 83.4 Å². The summed E-state index contributed by atoms with van der Waals surface area (Å²) in [4.78, 5) is 73.5. The van der Waals surface area contributed by atoms with Crippen LogP contribution < -0.4 is 28.9 Å². The molecule has 2 aliphatic rings. The second-order valence-electron chi connectivity index (χ2n) is 29.5. The Morgan fingerprint density at radius 3 is 1.17 bits per heavy atom. The lowest BCUT2D eigenvalue weighted by Gasteiger charge is -2.21. The molecule has 130 heavy (non-hydrogen) atoms. The lowest BCUT2D eigenvalue weighted by molar-refractivity contribution is 0.0505. The van der Waals surface area contributed by atoms with Crippen molar-refractivity contribution in [1.29, 1.82) is 0 Å². The Labute approximate surface area is 781 Å². The third kappa shape index (κ3) is 27.4. The first-order chi connectivity index (χ1) is 60.6. The Kier molecular flexibility index (Phi) is 42.8. The standard InChI is InChI=1S/C19H22F2N4O2S.C17H27N3O3S.C15H24ClN3O3S.C15H23N3O3S.C9H13ClN2O4S.C8H9Cl2NO4S/c1-11(2)16-8-6-13-17(28(27,22-3)24-16)10-25(4)18(13)19(26)23-12-5-7-14(20)15(21)9-12;1-8-13-15(11-20(7)16(13)17(21)23-10-3)24(22,18-6)19-14(9-2)12(4)5;1-7-11(10(3)4)18-23(21,17-5)12-9-19(6)14(13(12)16)15(20)22-8-2;1-6-21-15(19)14-11-7-8-12(10(2)3)17-22(20,16-4)13(11)9-18(14)5;1-4-16-9(13)8-7(10)6(5-12(8)3)17(14,15)11-2;1-3-15-8(12)7-6(9)5(4-11(7)2)16(10,13)14/h5-11,16H,1-4H3,(H,23,26)(H,22,24,27);8-9,11-12,14H,1-2,10H2,3-7H3,(H,18,19,22);7,9-11H,1,8H2,2-6H3,(H,17,18,21);7-10,12H,6H2,1-5H3,(H,16,17,20);5,11H,4H2,1-3H3;4H,3H2,1-2H3. The number of nitrogens with one attached hydrogen (secondary N) is 6. The average Bonchev–Trinajstić information content (AvgIpc) is 1.61. The highest BCUT2D eigenvalue weighted by Gasteiger charge is 2.36. The van der Waals surface area contributed by atoms with Crippen LogP contribution in [-0.4, -0.2) is 189 Å². The molecule has 6 N–H and O–H groups in total. The Bertz CT molecular complexity index is 6200. The van der Waals surface area contributed by atoms with Gasteiger partial charge in [-0.3, -0.25) is 4.79 Å². The van der Waals surface area contributed by atoms with Crippen molar-refractivity contribution in [2.45, 2.75) is 144 Å². The first kappa shape index (κ1) is 113.